The zero-order valence-corrected chi connectivity index (χ0v) is 12.6. The van der Waals surface area contributed by atoms with E-state index in [1.54, 1.807) is 0 Å². The van der Waals surface area contributed by atoms with Crippen LogP contribution in [0.5, 0.6) is 0 Å². The first-order chi connectivity index (χ1) is 9.65. The maximum atomic E-state index is 11.9. The molecular formula is C17H25NO2. The van der Waals surface area contributed by atoms with Crippen molar-refractivity contribution in [2.45, 2.75) is 51.1 Å². The molecule has 0 spiro atoms. The zero-order chi connectivity index (χ0) is 14.5. The molecule has 0 aromatic heterocycles. The Hall–Kier alpha value is -1.35. The van der Waals surface area contributed by atoms with Gasteiger partial charge >= 0.3 is 5.97 Å². The first-order valence-electron chi connectivity index (χ1n) is 7.54. The molecule has 0 bridgehead atoms. The fourth-order valence-corrected chi connectivity index (χ4v) is 2.83. The van der Waals surface area contributed by atoms with E-state index in [4.69, 9.17) is 4.74 Å². The van der Waals surface area contributed by atoms with Gasteiger partial charge in [-0.1, -0.05) is 50.6 Å². The summed E-state index contributed by atoms with van der Waals surface area (Å²) in [4.78, 5) is 11.9. The largest absolute Gasteiger partial charge is 0.468 e. The fourth-order valence-electron chi connectivity index (χ4n) is 2.83. The molecule has 3 nitrogen and oxygen atoms in total. The summed E-state index contributed by atoms with van der Waals surface area (Å²) in [6.45, 7) is 4.21. The molecule has 0 radical (unpaired) electrons. The number of carbonyl (C=O) groups is 1. The lowest BCUT2D eigenvalue weighted by molar-refractivity contribution is -0.145. The summed E-state index contributed by atoms with van der Waals surface area (Å²) in [5.41, 5.74) is 1.41. The topological polar surface area (TPSA) is 38.3 Å². The van der Waals surface area contributed by atoms with Crippen molar-refractivity contribution in [2.24, 2.45) is 5.92 Å². The van der Waals surface area contributed by atoms with Crippen LogP contribution in [0.2, 0.25) is 0 Å². The summed E-state index contributed by atoms with van der Waals surface area (Å²) >= 11 is 0. The lowest BCUT2D eigenvalue weighted by atomic mass is 9.75. The fraction of sp³-hybridized carbons (Fsp3) is 0.588. The van der Waals surface area contributed by atoms with Crippen LogP contribution < -0.4 is 5.32 Å². The Morgan fingerprint density at radius 1 is 1.35 bits per heavy atom. The maximum absolute atomic E-state index is 11.9. The van der Waals surface area contributed by atoms with Gasteiger partial charge in [0.05, 0.1) is 7.11 Å². The minimum atomic E-state index is -0.174. The third kappa shape index (κ3) is 3.40. The van der Waals surface area contributed by atoms with E-state index in [-0.39, 0.29) is 12.0 Å². The molecule has 20 heavy (non-hydrogen) atoms. The Labute approximate surface area is 121 Å². The normalized spacial score (nSPS) is 24.6. The van der Waals surface area contributed by atoms with Gasteiger partial charge in [0.25, 0.3) is 0 Å². The van der Waals surface area contributed by atoms with Crippen molar-refractivity contribution in [3.05, 3.63) is 35.9 Å². The minimum absolute atomic E-state index is 0.137. The SMILES string of the molecule is CCC(C)C(NC1CC(c2ccccc2)C1)C(=O)OC. The molecule has 0 saturated heterocycles. The predicted octanol–water partition coefficient (Wildman–Crippen LogP) is 3.11. The van der Waals surface area contributed by atoms with Crippen LogP contribution >= 0.6 is 0 Å². The van der Waals surface area contributed by atoms with Crippen molar-refractivity contribution in [1.82, 2.24) is 5.32 Å². The van der Waals surface area contributed by atoms with Gasteiger partial charge in [0.15, 0.2) is 0 Å². The summed E-state index contributed by atoms with van der Waals surface area (Å²) in [5.74, 6) is 0.796. The highest BCUT2D eigenvalue weighted by Crippen LogP contribution is 2.37. The van der Waals surface area contributed by atoms with Crippen molar-refractivity contribution in [3.8, 4) is 0 Å². The second kappa shape index (κ2) is 6.89. The molecule has 3 heteroatoms. The Morgan fingerprint density at radius 3 is 2.55 bits per heavy atom. The van der Waals surface area contributed by atoms with Crippen molar-refractivity contribution < 1.29 is 9.53 Å². The second-order valence-electron chi connectivity index (χ2n) is 5.83. The molecule has 2 atom stereocenters. The van der Waals surface area contributed by atoms with Gasteiger partial charge < -0.3 is 10.1 Å². The highest BCUT2D eigenvalue weighted by Gasteiger charge is 2.35. The Morgan fingerprint density at radius 2 is 2.00 bits per heavy atom. The number of methoxy groups -OCH3 is 1. The first kappa shape index (κ1) is 15.0. The van der Waals surface area contributed by atoms with Gasteiger partial charge in [-0.2, -0.15) is 0 Å². The van der Waals surface area contributed by atoms with Gasteiger partial charge in [0.2, 0.25) is 0 Å². The van der Waals surface area contributed by atoms with E-state index in [1.807, 2.05) is 6.07 Å². The van der Waals surface area contributed by atoms with E-state index in [9.17, 15) is 4.79 Å². The van der Waals surface area contributed by atoms with Crippen LogP contribution in [-0.4, -0.2) is 25.2 Å². The molecular weight excluding hydrogens is 250 g/mol. The summed E-state index contributed by atoms with van der Waals surface area (Å²) in [6.07, 6.45) is 3.18. The third-order valence-corrected chi connectivity index (χ3v) is 4.49. The summed E-state index contributed by atoms with van der Waals surface area (Å²) in [5, 5.41) is 3.48. The molecule has 1 fully saturated rings. The van der Waals surface area contributed by atoms with Crippen LogP contribution in [0.4, 0.5) is 0 Å². The Kier molecular flexibility index (Phi) is 5.18. The van der Waals surface area contributed by atoms with Gasteiger partial charge in [0.1, 0.15) is 6.04 Å². The lowest BCUT2D eigenvalue weighted by Crippen LogP contribution is -2.51. The number of rotatable bonds is 6. The molecule has 2 unspecified atom stereocenters. The molecule has 110 valence electrons. The number of carbonyl (C=O) groups excluding carboxylic acids is 1. The Balaban J connectivity index is 1.87. The van der Waals surface area contributed by atoms with E-state index in [1.165, 1.54) is 12.7 Å². The van der Waals surface area contributed by atoms with Gasteiger partial charge in [-0.3, -0.25) is 4.79 Å². The molecule has 1 saturated carbocycles. The number of benzene rings is 1. The van der Waals surface area contributed by atoms with Gasteiger partial charge in [-0.25, -0.2) is 0 Å². The number of ether oxygens (including phenoxy) is 1. The van der Waals surface area contributed by atoms with Crippen molar-refractivity contribution in [1.29, 1.82) is 0 Å². The van der Waals surface area contributed by atoms with Crippen LogP contribution in [-0.2, 0) is 9.53 Å². The predicted molar refractivity (Wildman–Crippen MR) is 80.6 cm³/mol. The van der Waals surface area contributed by atoms with Crippen LogP contribution in [0, 0.1) is 5.92 Å². The third-order valence-electron chi connectivity index (χ3n) is 4.49. The van der Waals surface area contributed by atoms with E-state index in [2.05, 4.69) is 43.4 Å². The van der Waals surface area contributed by atoms with Crippen LogP contribution in [0.3, 0.4) is 0 Å². The Bertz CT molecular complexity index is 426. The van der Waals surface area contributed by atoms with Crippen LogP contribution in [0.15, 0.2) is 30.3 Å². The van der Waals surface area contributed by atoms with E-state index >= 15 is 0 Å². The molecule has 0 amide bonds. The molecule has 0 heterocycles. The van der Waals surface area contributed by atoms with Crippen LogP contribution in [0.1, 0.15) is 44.6 Å². The van der Waals surface area contributed by atoms with Crippen molar-refractivity contribution >= 4 is 5.97 Å². The monoisotopic (exact) mass is 275 g/mol. The minimum Gasteiger partial charge on any atom is -0.468 e. The molecule has 0 aliphatic heterocycles. The molecule has 1 N–H and O–H groups in total. The molecule has 2 rings (SSSR count). The maximum Gasteiger partial charge on any atom is 0.323 e. The van der Waals surface area contributed by atoms with Crippen molar-refractivity contribution in [2.75, 3.05) is 7.11 Å². The smallest absolute Gasteiger partial charge is 0.323 e. The quantitative estimate of drug-likeness (QED) is 0.811. The van der Waals surface area contributed by atoms with Gasteiger partial charge in [-0.15, -0.1) is 0 Å². The van der Waals surface area contributed by atoms with Crippen LogP contribution in [0.25, 0.3) is 0 Å². The lowest BCUT2D eigenvalue weighted by Gasteiger charge is -2.39. The summed E-state index contributed by atoms with van der Waals surface area (Å²) in [7, 11) is 1.47. The second-order valence-corrected chi connectivity index (χ2v) is 5.83. The number of hydrogen-bond donors (Lipinski definition) is 1. The standard InChI is InChI=1S/C17H25NO2/c1-4-12(2)16(17(19)20-3)18-15-10-14(11-15)13-8-6-5-7-9-13/h5-9,12,14-16,18H,4,10-11H2,1-3H3. The van der Waals surface area contributed by atoms with E-state index < -0.39 is 0 Å². The summed E-state index contributed by atoms with van der Waals surface area (Å²) < 4.78 is 4.91. The zero-order valence-electron chi connectivity index (χ0n) is 12.6. The average Bonchev–Trinajstić information content (AvgIpc) is 2.45. The number of esters is 1. The van der Waals surface area contributed by atoms with Gasteiger partial charge in [-0.05, 0) is 30.2 Å². The van der Waals surface area contributed by atoms with Gasteiger partial charge in [0, 0.05) is 6.04 Å². The van der Waals surface area contributed by atoms with E-state index in [0.717, 1.165) is 19.3 Å². The highest BCUT2D eigenvalue weighted by atomic mass is 16.5. The van der Waals surface area contributed by atoms with E-state index in [0.29, 0.717) is 17.9 Å². The number of hydrogen-bond acceptors (Lipinski definition) is 3. The average molecular weight is 275 g/mol. The van der Waals surface area contributed by atoms with Crippen molar-refractivity contribution in [3.63, 3.8) is 0 Å². The first-order valence-corrected chi connectivity index (χ1v) is 7.54. The summed E-state index contributed by atoms with van der Waals surface area (Å²) in [6, 6.07) is 10.9. The molecule has 1 aliphatic carbocycles. The number of nitrogens with one attached hydrogen (secondary N) is 1. The molecule has 1 aromatic rings. The highest BCUT2D eigenvalue weighted by molar-refractivity contribution is 5.76. The molecule has 1 aromatic carbocycles. The molecule has 1 aliphatic rings.